The summed E-state index contributed by atoms with van der Waals surface area (Å²) in [6.07, 6.45) is -0.761. The fraction of sp³-hybridized carbons (Fsp3) is 0.316. The van der Waals surface area contributed by atoms with Crippen LogP contribution >= 0.6 is 22.6 Å². The lowest BCUT2D eigenvalue weighted by Crippen LogP contribution is -2.38. The van der Waals surface area contributed by atoms with E-state index in [0.717, 1.165) is 9.87 Å². The van der Waals surface area contributed by atoms with Gasteiger partial charge in [-0.25, -0.2) is 26.3 Å². The zero-order valence-electron chi connectivity index (χ0n) is 32.2. The summed E-state index contributed by atoms with van der Waals surface area (Å²) in [5, 5.41) is 15.0. The van der Waals surface area contributed by atoms with Gasteiger partial charge in [-0.2, -0.15) is 4.31 Å². The molecule has 0 spiro atoms. The SMILES string of the molecule is COc1ccc(CN(Cc2ccc(OC)cc2)S(=O)(=O)c2c(N(CCNC(=O)OC(C)(C)C)[SH](=O)=O)ccc(I)c2-c2nnnn2Cc2ccc(OC)cc2)cc1. The number of halogens is 1. The first kappa shape index (κ1) is 43.1. The lowest BCUT2D eigenvalue weighted by Gasteiger charge is -2.28. The maximum atomic E-state index is 15.6. The quantitative estimate of drug-likeness (QED) is 0.0912. The van der Waals surface area contributed by atoms with Crippen molar-refractivity contribution in [2.75, 3.05) is 38.7 Å². The van der Waals surface area contributed by atoms with Crippen LogP contribution in [0.1, 0.15) is 37.5 Å². The second kappa shape index (κ2) is 19.0. The van der Waals surface area contributed by atoms with E-state index in [1.807, 2.05) is 34.7 Å². The molecule has 57 heavy (non-hydrogen) atoms. The van der Waals surface area contributed by atoms with Gasteiger partial charge in [0.1, 0.15) is 27.7 Å². The van der Waals surface area contributed by atoms with Gasteiger partial charge >= 0.3 is 6.09 Å². The fourth-order valence-electron chi connectivity index (χ4n) is 5.71. The molecular formula is C38H44IN7O9S2. The summed E-state index contributed by atoms with van der Waals surface area (Å²) in [5.74, 6) is 1.90. The predicted molar refractivity (Wildman–Crippen MR) is 222 cm³/mol. The van der Waals surface area contributed by atoms with Gasteiger partial charge in [0.25, 0.3) is 0 Å². The van der Waals surface area contributed by atoms with Gasteiger partial charge < -0.3 is 24.3 Å². The van der Waals surface area contributed by atoms with E-state index >= 15 is 8.42 Å². The Morgan fingerprint density at radius 3 is 1.79 bits per heavy atom. The van der Waals surface area contributed by atoms with Crippen LogP contribution in [0.4, 0.5) is 10.5 Å². The molecule has 0 unspecified atom stereocenters. The number of carbonyl (C=O) groups excluding carboxylic acids is 1. The third-order valence-corrected chi connectivity index (χ3v) is 12.0. The largest absolute Gasteiger partial charge is 0.497 e. The van der Waals surface area contributed by atoms with E-state index in [1.54, 1.807) is 94.6 Å². The van der Waals surface area contributed by atoms with Crippen molar-refractivity contribution >= 4 is 55.3 Å². The summed E-state index contributed by atoms with van der Waals surface area (Å²) in [4.78, 5) is 12.2. The Balaban J connectivity index is 1.70. The average molecular weight is 934 g/mol. The lowest BCUT2D eigenvalue weighted by atomic mass is 10.1. The molecule has 16 nitrogen and oxygen atoms in total. The summed E-state index contributed by atoms with van der Waals surface area (Å²) in [6.45, 7) is 4.50. The maximum Gasteiger partial charge on any atom is 0.407 e. The molecule has 1 heterocycles. The number of hydrogen-bond donors (Lipinski definition) is 2. The van der Waals surface area contributed by atoms with Crippen LogP contribution in [0.3, 0.4) is 0 Å². The molecule has 0 radical (unpaired) electrons. The number of ether oxygens (including phenoxy) is 4. The number of hydrogen-bond acceptors (Lipinski definition) is 12. The Kier molecular flexibility index (Phi) is 14.4. The molecule has 5 rings (SSSR count). The third kappa shape index (κ3) is 11.1. The van der Waals surface area contributed by atoms with Crippen LogP contribution in [-0.2, 0) is 45.3 Å². The number of nitrogens with one attached hydrogen (secondary N) is 1. The summed E-state index contributed by atoms with van der Waals surface area (Å²) in [7, 11) is -3.49. The van der Waals surface area contributed by atoms with Crippen LogP contribution in [-0.4, -0.2) is 87.5 Å². The molecule has 1 N–H and O–H groups in total. The van der Waals surface area contributed by atoms with Crippen LogP contribution in [0.5, 0.6) is 17.2 Å². The number of tetrazole rings is 1. The number of carbonyl (C=O) groups is 1. The highest BCUT2D eigenvalue weighted by Crippen LogP contribution is 2.40. The van der Waals surface area contributed by atoms with Crippen LogP contribution in [0.15, 0.2) is 89.8 Å². The number of alkyl carbamates (subject to hydrolysis) is 1. The first-order valence-corrected chi connectivity index (χ1v) is 21.1. The molecule has 1 aromatic heterocycles. The number of amides is 1. The maximum absolute atomic E-state index is 15.6. The molecular weight excluding hydrogens is 889 g/mol. The van der Waals surface area contributed by atoms with Crippen LogP contribution in [0.25, 0.3) is 11.4 Å². The van der Waals surface area contributed by atoms with Gasteiger partial charge in [-0.15, -0.1) is 5.10 Å². The van der Waals surface area contributed by atoms with Gasteiger partial charge in [-0.05, 0) is 119 Å². The zero-order chi connectivity index (χ0) is 41.3. The molecule has 0 saturated heterocycles. The van der Waals surface area contributed by atoms with Gasteiger partial charge in [-0.3, -0.25) is 4.31 Å². The van der Waals surface area contributed by atoms with E-state index in [2.05, 4.69) is 20.8 Å². The topological polar surface area (TPSA) is 184 Å². The smallest absolute Gasteiger partial charge is 0.407 e. The molecule has 5 aromatic rings. The minimum Gasteiger partial charge on any atom is -0.497 e. The Bertz CT molecular complexity index is 2280. The average Bonchev–Trinajstić information content (AvgIpc) is 3.63. The summed E-state index contributed by atoms with van der Waals surface area (Å²) in [6, 6.07) is 24.2. The molecule has 0 bridgehead atoms. The van der Waals surface area contributed by atoms with Crippen molar-refractivity contribution in [1.29, 1.82) is 0 Å². The Hall–Kier alpha value is -4.99. The second-order valence-electron chi connectivity index (χ2n) is 13.5. The number of anilines is 1. The van der Waals surface area contributed by atoms with Crippen molar-refractivity contribution < 1.29 is 40.6 Å². The molecule has 1 amide bonds. The summed E-state index contributed by atoms with van der Waals surface area (Å²) >= 11 is 2.00. The standard InChI is InChI=1S/C38H44IN7O9S2/c1-38(2,3)55-37(47)40-21-22-46(56(48)49)33-20-19-32(39)34(36-41-42-43-45(36)25-28-11-17-31(54-6)18-12-28)35(33)57(50,51)44(23-26-7-13-29(52-4)14-8-26)24-27-9-15-30(53-5)16-10-27/h7-20,56H,21-25H2,1-6H3,(H,40,47). The molecule has 0 aliphatic rings. The van der Waals surface area contributed by atoms with Gasteiger partial charge in [0.05, 0.1) is 45.7 Å². The minimum atomic E-state index is -4.66. The molecule has 0 saturated carbocycles. The van der Waals surface area contributed by atoms with E-state index in [4.69, 9.17) is 18.9 Å². The van der Waals surface area contributed by atoms with E-state index in [1.165, 1.54) is 29.3 Å². The minimum absolute atomic E-state index is 0.0810. The molecule has 19 heteroatoms. The first-order chi connectivity index (χ1) is 27.1. The first-order valence-electron chi connectivity index (χ1n) is 17.5. The predicted octanol–water partition coefficient (Wildman–Crippen LogP) is 5.27. The van der Waals surface area contributed by atoms with E-state index < -0.39 is 32.6 Å². The highest BCUT2D eigenvalue weighted by molar-refractivity contribution is 14.1. The van der Waals surface area contributed by atoms with Crippen molar-refractivity contribution in [2.45, 2.75) is 50.9 Å². The lowest BCUT2D eigenvalue weighted by molar-refractivity contribution is 0.0529. The normalized spacial score (nSPS) is 11.7. The third-order valence-electron chi connectivity index (χ3n) is 8.43. The van der Waals surface area contributed by atoms with Gasteiger partial charge in [0.2, 0.25) is 20.9 Å². The Labute approximate surface area is 347 Å². The summed E-state index contributed by atoms with van der Waals surface area (Å²) < 4.78 is 82.7. The van der Waals surface area contributed by atoms with Crippen molar-refractivity contribution in [2.24, 2.45) is 0 Å². The number of rotatable bonds is 17. The van der Waals surface area contributed by atoms with Crippen molar-refractivity contribution in [3.63, 3.8) is 0 Å². The molecule has 0 fully saturated rings. The molecule has 0 aliphatic carbocycles. The molecule has 304 valence electrons. The molecule has 0 atom stereocenters. The summed E-state index contributed by atoms with van der Waals surface area (Å²) in [5.41, 5.74) is 1.19. The number of aromatic nitrogens is 4. The van der Waals surface area contributed by atoms with E-state index in [9.17, 15) is 13.2 Å². The van der Waals surface area contributed by atoms with E-state index in [0.29, 0.717) is 31.9 Å². The van der Waals surface area contributed by atoms with Crippen LogP contribution in [0.2, 0.25) is 0 Å². The highest BCUT2D eigenvalue weighted by atomic mass is 127. The Morgan fingerprint density at radius 2 is 1.32 bits per heavy atom. The van der Waals surface area contributed by atoms with Crippen molar-refractivity contribution in [3.8, 4) is 28.6 Å². The van der Waals surface area contributed by atoms with Gasteiger partial charge in [-0.1, -0.05) is 36.4 Å². The number of thiol groups is 1. The molecule has 4 aromatic carbocycles. The number of nitrogens with zero attached hydrogens (tertiary/aromatic N) is 6. The van der Waals surface area contributed by atoms with E-state index in [-0.39, 0.29) is 54.7 Å². The highest BCUT2D eigenvalue weighted by Gasteiger charge is 2.36. The second-order valence-corrected chi connectivity index (χ2v) is 17.5. The van der Waals surface area contributed by atoms with Crippen molar-refractivity contribution in [3.05, 3.63) is 105 Å². The molecule has 0 aliphatic heterocycles. The van der Waals surface area contributed by atoms with Crippen molar-refractivity contribution in [1.82, 2.24) is 29.8 Å². The van der Waals surface area contributed by atoms with Crippen LogP contribution in [0, 0.1) is 3.57 Å². The number of methoxy groups -OCH3 is 3. The zero-order valence-corrected chi connectivity index (χ0v) is 36.1. The van der Waals surface area contributed by atoms with Gasteiger partial charge in [0.15, 0.2) is 5.82 Å². The number of benzene rings is 4. The monoisotopic (exact) mass is 933 g/mol. The Morgan fingerprint density at radius 1 is 0.807 bits per heavy atom. The van der Waals surface area contributed by atoms with Crippen LogP contribution < -0.4 is 23.8 Å². The fourth-order valence-corrected chi connectivity index (χ4v) is 9.05. The van der Waals surface area contributed by atoms with Gasteiger partial charge in [0, 0.05) is 23.2 Å². The number of sulfonamides is 1.